The Balaban J connectivity index is 0.000000180. The Morgan fingerprint density at radius 3 is 2.52 bits per heavy atom. The van der Waals surface area contributed by atoms with Gasteiger partial charge in [0.15, 0.2) is 0 Å². The topological polar surface area (TPSA) is 74.7 Å². The number of pyridine rings is 1. The Morgan fingerprint density at radius 1 is 1.13 bits per heavy atom. The van der Waals surface area contributed by atoms with Crippen LogP contribution in [0.2, 0.25) is 0 Å². The van der Waals surface area contributed by atoms with Crippen LogP contribution in [0.3, 0.4) is 0 Å². The van der Waals surface area contributed by atoms with Gasteiger partial charge in [-0.1, -0.05) is 18.2 Å². The number of carboxylic acids is 1. The molecule has 3 aromatic rings. The average Bonchev–Trinajstić information content (AvgIpc) is 3.56. The summed E-state index contributed by atoms with van der Waals surface area (Å²) in [6.07, 6.45) is 6.68. The van der Waals surface area contributed by atoms with Crippen LogP contribution in [0.25, 0.3) is 0 Å². The van der Waals surface area contributed by atoms with Crippen molar-refractivity contribution in [2.45, 2.75) is 25.2 Å². The van der Waals surface area contributed by atoms with E-state index in [0.29, 0.717) is 5.69 Å². The van der Waals surface area contributed by atoms with Crippen molar-refractivity contribution in [2.24, 2.45) is 0 Å². The highest BCUT2D eigenvalue weighted by Gasteiger charge is 2.23. The third kappa shape index (κ3) is 4.79. The molecular formula is C25H27N3O3. The van der Waals surface area contributed by atoms with E-state index in [1.807, 2.05) is 0 Å². The molecule has 1 aromatic heterocycles. The molecule has 31 heavy (non-hydrogen) atoms. The number of aromatic nitrogens is 1. The SMILES string of the molecule is CN(c1ccc(C2CC2)cc1)c1ccc2c(c1)OCC2.CNc1cnccc1C(=O)O. The zero-order valence-corrected chi connectivity index (χ0v) is 17.8. The molecule has 1 saturated carbocycles. The molecule has 2 N–H and O–H groups in total. The fourth-order valence-electron chi connectivity index (χ4n) is 3.68. The van der Waals surface area contributed by atoms with Gasteiger partial charge in [0.05, 0.1) is 24.1 Å². The molecule has 160 valence electrons. The molecule has 6 nitrogen and oxygen atoms in total. The Morgan fingerprint density at radius 2 is 1.87 bits per heavy atom. The molecule has 0 amide bonds. The molecule has 0 radical (unpaired) electrons. The van der Waals surface area contributed by atoms with E-state index in [1.165, 1.54) is 53.8 Å². The van der Waals surface area contributed by atoms with Gasteiger partial charge in [0, 0.05) is 44.2 Å². The summed E-state index contributed by atoms with van der Waals surface area (Å²) in [5.41, 5.74) is 5.99. The molecule has 0 saturated heterocycles. The molecule has 2 aromatic carbocycles. The average molecular weight is 418 g/mol. The fraction of sp³-hybridized carbons (Fsp3) is 0.280. The van der Waals surface area contributed by atoms with Crippen LogP contribution in [0.4, 0.5) is 17.1 Å². The zero-order valence-electron chi connectivity index (χ0n) is 17.8. The largest absolute Gasteiger partial charge is 0.493 e. The number of hydrogen-bond donors (Lipinski definition) is 2. The van der Waals surface area contributed by atoms with E-state index in [4.69, 9.17) is 9.84 Å². The van der Waals surface area contributed by atoms with Gasteiger partial charge in [-0.05, 0) is 54.2 Å². The summed E-state index contributed by atoms with van der Waals surface area (Å²) in [7, 11) is 3.77. The predicted molar refractivity (Wildman–Crippen MR) is 123 cm³/mol. The number of benzene rings is 2. The first kappa shape index (κ1) is 20.7. The van der Waals surface area contributed by atoms with Crippen molar-refractivity contribution in [2.75, 3.05) is 30.9 Å². The minimum absolute atomic E-state index is 0.238. The molecule has 0 atom stereocenters. The van der Waals surface area contributed by atoms with Crippen LogP contribution in [0.15, 0.2) is 60.9 Å². The van der Waals surface area contributed by atoms with Gasteiger partial charge in [0.1, 0.15) is 5.75 Å². The van der Waals surface area contributed by atoms with E-state index in [9.17, 15) is 4.79 Å². The number of fused-ring (bicyclic) bond motifs is 1. The first-order valence-electron chi connectivity index (χ1n) is 10.5. The van der Waals surface area contributed by atoms with E-state index < -0.39 is 5.97 Å². The van der Waals surface area contributed by atoms with Gasteiger partial charge in [0.2, 0.25) is 0 Å². The second-order valence-electron chi connectivity index (χ2n) is 7.79. The molecule has 2 aliphatic rings. The molecule has 1 aliphatic carbocycles. The van der Waals surface area contributed by atoms with Gasteiger partial charge in [-0.3, -0.25) is 4.98 Å². The smallest absolute Gasteiger partial charge is 0.337 e. The standard InChI is InChI=1S/C18H19NO.C7H8N2O2/c1-19(16-7-4-14(5-8-16)13-2-3-13)17-9-6-15-10-11-20-18(15)12-17;1-8-6-4-9-3-2-5(6)7(10)11/h4-9,12-13H,2-3,10-11H2,1H3;2-4,8H,1H3,(H,10,11). The van der Waals surface area contributed by atoms with Crippen LogP contribution in [0.1, 0.15) is 40.2 Å². The number of aromatic carboxylic acids is 1. The van der Waals surface area contributed by atoms with Crippen molar-refractivity contribution < 1.29 is 14.6 Å². The molecule has 1 aliphatic heterocycles. The first-order chi connectivity index (χ1) is 15.1. The lowest BCUT2D eigenvalue weighted by molar-refractivity contribution is 0.0698. The summed E-state index contributed by atoms with van der Waals surface area (Å²) < 4.78 is 5.66. The number of carboxylic acid groups (broad SMARTS) is 1. The number of nitrogens with zero attached hydrogens (tertiary/aromatic N) is 2. The monoisotopic (exact) mass is 417 g/mol. The number of rotatable bonds is 5. The third-order valence-electron chi connectivity index (χ3n) is 5.72. The maximum atomic E-state index is 10.5. The lowest BCUT2D eigenvalue weighted by Gasteiger charge is -2.20. The number of anilines is 3. The molecular weight excluding hydrogens is 390 g/mol. The van der Waals surface area contributed by atoms with E-state index in [1.54, 1.807) is 7.05 Å². The maximum absolute atomic E-state index is 10.5. The van der Waals surface area contributed by atoms with E-state index in [2.05, 4.69) is 64.7 Å². The molecule has 0 unspecified atom stereocenters. The Hall–Kier alpha value is -3.54. The van der Waals surface area contributed by atoms with E-state index in [0.717, 1.165) is 24.7 Å². The lowest BCUT2D eigenvalue weighted by atomic mass is 10.1. The van der Waals surface area contributed by atoms with Crippen molar-refractivity contribution in [3.63, 3.8) is 0 Å². The second-order valence-corrected chi connectivity index (χ2v) is 7.79. The van der Waals surface area contributed by atoms with Gasteiger partial charge >= 0.3 is 5.97 Å². The molecule has 2 heterocycles. The molecule has 1 fully saturated rings. The summed E-state index contributed by atoms with van der Waals surface area (Å²) in [4.78, 5) is 16.5. The van der Waals surface area contributed by atoms with Gasteiger partial charge in [-0.2, -0.15) is 0 Å². The van der Waals surface area contributed by atoms with Crippen molar-refractivity contribution in [3.8, 4) is 5.75 Å². The van der Waals surface area contributed by atoms with Crippen LogP contribution in [0, 0.1) is 0 Å². The zero-order chi connectivity index (χ0) is 21.8. The molecule has 0 bridgehead atoms. The Kier molecular flexibility index (Phi) is 6.07. The summed E-state index contributed by atoms with van der Waals surface area (Å²) in [5.74, 6) is 0.920. The van der Waals surface area contributed by atoms with Crippen LogP contribution in [0.5, 0.6) is 5.75 Å². The molecule has 0 spiro atoms. The fourth-order valence-corrected chi connectivity index (χ4v) is 3.68. The lowest BCUT2D eigenvalue weighted by Crippen LogP contribution is -2.09. The summed E-state index contributed by atoms with van der Waals surface area (Å²) >= 11 is 0. The van der Waals surface area contributed by atoms with Gasteiger partial charge in [-0.25, -0.2) is 4.79 Å². The molecule has 6 heteroatoms. The van der Waals surface area contributed by atoms with Crippen molar-refractivity contribution >= 4 is 23.0 Å². The Labute approximate surface area is 182 Å². The van der Waals surface area contributed by atoms with Crippen molar-refractivity contribution in [1.82, 2.24) is 4.98 Å². The maximum Gasteiger partial charge on any atom is 0.337 e. The normalized spacial score (nSPS) is 14.0. The van der Waals surface area contributed by atoms with Gasteiger partial charge < -0.3 is 20.1 Å². The van der Waals surface area contributed by atoms with Crippen LogP contribution >= 0.6 is 0 Å². The van der Waals surface area contributed by atoms with Crippen LogP contribution in [-0.2, 0) is 6.42 Å². The quantitative estimate of drug-likeness (QED) is 0.602. The number of ether oxygens (including phenoxy) is 1. The predicted octanol–water partition coefficient (Wildman–Crippen LogP) is 5.09. The van der Waals surface area contributed by atoms with Crippen LogP contribution < -0.4 is 15.0 Å². The minimum atomic E-state index is -0.947. The van der Waals surface area contributed by atoms with Gasteiger partial charge in [0.25, 0.3) is 0 Å². The van der Waals surface area contributed by atoms with Crippen molar-refractivity contribution in [3.05, 3.63) is 77.6 Å². The summed E-state index contributed by atoms with van der Waals surface area (Å²) in [6, 6.07) is 17.0. The van der Waals surface area contributed by atoms with Crippen LogP contribution in [-0.4, -0.2) is 36.8 Å². The second kappa shape index (κ2) is 9.08. The number of hydrogen-bond acceptors (Lipinski definition) is 5. The summed E-state index contributed by atoms with van der Waals surface area (Å²) in [6.45, 7) is 0.818. The van der Waals surface area contributed by atoms with Gasteiger partial charge in [-0.15, -0.1) is 0 Å². The molecule has 5 rings (SSSR count). The Bertz CT molecular complexity index is 1060. The highest BCUT2D eigenvalue weighted by atomic mass is 16.5. The van der Waals surface area contributed by atoms with E-state index in [-0.39, 0.29) is 5.56 Å². The van der Waals surface area contributed by atoms with E-state index >= 15 is 0 Å². The third-order valence-corrected chi connectivity index (χ3v) is 5.72. The number of carbonyl (C=O) groups is 1. The number of nitrogens with one attached hydrogen (secondary N) is 1. The van der Waals surface area contributed by atoms with Crippen molar-refractivity contribution in [1.29, 1.82) is 0 Å². The first-order valence-corrected chi connectivity index (χ1v) is 10.5. The highest BCUT2D eigenvalue weighted by molar-refractivity contribution is 5.93. The minimum Gasteiger partial charge on any atom is -0.493 e. The summed E-state index contributed by atoms with van der Waals surface area (Å²) in [5, 5.41) is 11.4. The highest BCUT2D eigenvalue weighted by Crippen LogP contribution is 2.41.